The van der Waals surface area contributed by atoms with Gasteiger partial charge in [-0.15, -0.1) is 0 Å². The largest absolute Gasteiger partial charge is 0.481 e. The van der Waals surface area contributed by atoms with Gasteiger partial charge in [0.2, 0.25) is 5.91 Å². The molecule has 6 N–H and O–H groups in total. The van der Waals surface area contributed by atoms with E-state index in [-0.39, 0.29) is 37.0 Å². The lowest BCUT2D eigenvalue weighted by atomic mass is 10.1. The van der Waals surface area contributed by atoms with Gasteiger partial charge in [-0.25, -0.2) is 0 Å². The highest BCUT2D eigenvalue weighted by molar-refractivity contribution is 5.98. The van der Waals surface area contributed by atoms with Crippen molar-refractivity contribution in [3.63, 3.8) is 0 Å². The van der Waals surface area contributed by atoms with Crippen molar-refractivity contribution in [3.05, 3.63) is 35.4 Å². The van der Waals surface area contributed by atoms with Crippen molar-refractivity contribution in [1.29, 1.82) is 5.41 Å². The van der Waals surface area contributed by atoms with Crippen LogP contribution in [0.25, 0.3) is 0 Å². The van der Waals surface area contributed by atoms with Crippen LogP contribution in [0.1, 0.15) is 35.7 Å². The summed E-state index contributed by atoms with van der Waals surface area (Å²) < 4.78 is 0. The summed E-state index contributed by atoms with van der Waals surface area (Å²) in [5.74, 6) is -1.73. The number of rotatable bonds is 8. The second-order valence-electron chi connectivity index (χ2n) is 5.06. The first-order valence-electron chi connectivity index (χ1n) is 7.03. The third kappa shape index (κ3) is 6.60. The summed E-state index contributed by atoms with van der Waals surface area (Å²) in [4.78, 5) is 33.9. The number of nitrogen functional groups attached to an aromatic ring is 1. The lowest BCUT2D eigenvalue weighted by Gasteiger charge is -2.11. The zero-order valence-corrected chi connectivity index (χ0v) is 12.8. The molecule has 124 valence electrons. The quantitative estimate of drug-likeness (QED) is 0.340. The first-order chi connectivity index (χ1) is 10.8. The van der Waals surface area contributed by atoms with Crippen LogP contribution in [-0.4, -0.2) is 41.3 Å². The van der Waals surface area contributed by atoms with E-state index < -0.39 is 12.0 Å². The smallest absolute Gasteiger partial charge is 0.305 e. The Morgan fingerprint density at radius 2 is 1.78 bits per heavy atom. The maximum absolute atomic E-state index is 11.9. The number of amides is 2. The Balaban J connectivity index is 2.37. The summed E-state index contributed by atoms with van der Waals surface area (Å²) in [5.41, 5.74) is 6.24. The van der Waals surface area contributed by atoms with Crippen LogP contribution in [0.3, 0.4) is 0 Å². The first-order valence-corrected chi connectivity index (χ1v) is 7.03. The molecule has 1 atom stereocenters. The predicted octanol–water partition coefficient (Wildman–Crippen LogP) is 0.0700. The number of carbonyl (C=O) groups is 3. The first kappa shape index (κ1) is 18.1. The SMILES string of the molecule is CC(CC(=O)O)NC(=O)CCNC(=O)c1ccc(C(=N)N)cc1. The number of carbonyl (C=O) groups excluding carboxylic acids is 2. The van der Waals surface area contributed by atoms with Gasteiger partial charge in [0, 0.05) is 30.1 Å². The fourth-order valence-electron chi connectivity index (χ4n) is 1.85. The lowest BCUT2D eigenvalue weighted by Crippen LogP contribution is -2.36. The Labute approximate surface area is 133 Å². The average molecular weight is 320 g/mol. The minimum absolute atomic E-state index is 0.0568. The molecule has 1 rings (SSSR count). The van der Waals surface area contributed by atoms with Gasteiger partial charge in [0.1, 0.15) is 5.84 Å². The molecule has 0 spiro atoms. The van der Waals surface area contributed by atoms with Gasteiger partial charge >= 0.3 is 5.97 Å². The molecule has 0 saturated carbocycles. The summed E-state index contributed by atoms with van der Waals surface area (Å²) in [6.07, 6.45) is -0.0954. The number of carboxylic acid groups (broad SMARTS) is 1. The zero-order chi connectivity index (χ0) is 17.4. The highest BCUT2D eigenvalue weighted by Gasteiger charge is 2.11. The van der Waals surface area contributed by atoms with Gasteiger partial charge in [0.05, 0.1) is 6.42 Å². The molecule has 1 aromatic carbocycles. The van der Waals surface area contributed by atoms with Crippen molar-refractivity contribution < 1.29 is 19.5 Å². The second kappa shape index (κ2) is 8.52. The van der Waals surface area contributed by atoms with E-state index in [1.165, 1.54) is 0 Å². The topological polar surface area (TPSA) is 145 Å². The summed E-state index contributed by atoms with van der Waals surface area (Å²) in [5, 5.41) is 21.0. The number of benzene rings is 1. The van der Waals surface area contributed by atoms with Crippen LogP contribution in [0.5, 0.6) is 0 Å². The van der Waals surface area contributed by atoms with Gasteiger partial charge < -0.3 is 21.5 Å². The van der Waals surface area contributed by atoms with Crippen molar-refractivity contribution in [2.45, 2.75) is 25.8 Å². The van der Waals surface area contributed by atoms with Crippen molar-refractivity contribution in [2.24, 2.45) is 5.73 Å². The lowest BCUT2D eigenvalue weighted by molar-refractivity contribution is -0.137. The van der Waals surface area contributed by atoms with Crippen molar-refractivity contribution in [3.8, 4) is 0 Å². The molecule has 1 unspecified atom stereocenters. The predicted molar refractivity (Wildman–Crippen MR) is 84.3 cm³/mol. The molecule has 0 aliphatic heterocycles. The third-order valence-corrected chi connectivity index (χ3v) is 2.98. The van der Waals surface area contributed by atoms with Gasteiger partial charge in [0.25, 0.3) is 5.91 Å². The number of hydrogen-bond acceptors (Lipinski definition) is 4. The molecule has 0 aliphatic carbocycles. The van der Waals surface area contributed by atoms with E-state index in [4.69, 9.17) is 16.2 Å². The minimum atomic E-state index is -0.986. The fourth-order valence-corrected chi connectivity index (χ4v) is 1.85. The Bertz CT molecular complexity index is 598. The van der Waals surface area contributed by atoms with E-state index in [1.807, 2.05) is 0 Å². The molecule has 0 heterocycles. The molecule has 0 bridgehead atoms. The number of nitrogens with one attached hydrogen (secondary N) is 3. The van der Waals surface area contributed by atoms with Crippen LogP contribution in [-0.2, 0) is 9.59 Å². The van der Waals surface area contributed by atoms with Crippen LogP contribution < -0.4 is 16.4 Å². The summed E-state index contributed by atoms with van der Waals surface area (Å²) in [7, 11) is 0. The molecular weight excluding hydrogens is 300 g/mol. The van der Waals surface area contributed by atoms with E-state index in [2.05, 4.69) is 10.6 Å². The van der Waals surface area contributed by atoms with E-state index in [9.17, 15) is 14.4 Å². The van der Waals surface area contributed by atoms with Gasteiger partial charge in [-0.2, -0.15) is 0 Å². The van der Waals surface area contributed by atoms with Crippen molar-refractivity contribution in [1.82, 2.24) is 10.6 Å². The molecule has 0 saturated heterocycles. The molecular formula is C15H20N4O4. The van der Waals surface area contributed by atoms with Crippen LogP contribution >= 0.6 is 0 Å². The van der Waals surface area contributed by atoms with Crippen LogP contribution in [0.4, 0.5) is 0 Å². The van der Waals surface area contributed by atoms with E-state index in [0.717, 1.165) is 0 Å². The Kier molecular flexibility index (Phi) is 6.72. The molecule has 8 nitrogen and oxygen atoms in total. The second-order valence-corrected chi connectivity index (χ2v) is 5.06. The van der Waals surface area contributed by atoms with Crippen LogP contribution in [0.2, 0.25) is 0 Å². The molecule has 1 aromatic rings. The number of hydrogen-bond donors (Lipinski definition) is 5. The summed E-state index contributed by atoms with van der Waals surface area (Å²) >= 11 is 0. The molecule has 0 radical (unpaired) electrons. The third-order valence-electron chi connectivity index (χ3n) is 2.98. The maximum Gasteiger partial charge on any atom is 0.305 e. The highest BCUT2D eigenvalue weighted by Crippen LogP contribution is 2.03. The van der Waals surface area contributed by atoms with Gasteiger partial charge in [-0.1, -0.05) is 12.1 Å². The van der Waals surface area contributed by atoms with Gasteiger partial charge in [-0.3, -0.25) is 19.8 Å². The van der Waals surface area contributed by atoms with E-state index in [0.29, 0.717) is 11.1 Å². The van der Waals surface area contributed by atoms with Crippen LogP contribution in [0.15, 0.2) is 24.3 Å². The van der Waals surface area contributed by atoms with Gasteiger partial charge in [0.15, 0.2) is 0 Å². The monoisotopic (exact) mass is 320 g/mol. The number of carboxylic acids is 1. The molecule has 8 heteroatoms. The molecule has 0 aliphatic rings. The standard InChI is InChI=1S/C15H20N4O4/c1-9(8-13(21)22)19-12(20)6-7-18-15(23)11-4-2-10(3-5-11)14(16)17/h2-5,9H,6-8H2,1H3,(H3,16,17)(H,18,23)(H,19,20)(H,21,22). The molecule has 23 heavy (non-hydrogen) atoms. The van der Waals surface area contributed by atoms with Gasteiger partial charge in [-0.05, 0) is 19.1 Å². The Morgan fingerprint density at radius 1 is 1.22 bits per heavy atom. The number of aliphatic carboxylic acids is 1. The van der Waals surface area contributed by atoms with E-state index in [1.54, 1.807) is 31.2 Å². The Hall–Kier alpha value is -2.90. The molecule has 0 aromatic heterocycles. The number of nitrogens with two attached hydrogens (primary N) is 1. The average Bonchev–Trinajstić information content (AvgIpc) is 2.46. The molecule has 2 amide bonds. The zero-order valence-electron chi connectivity index (χ0n) is 12.8. The Morgan fingerprint density at radius 3 is 2.30 bits per heavy atom. The van der Waals surface area contributed by atoms with Crippen LogP contribution in [0, 0.1) is 5.41 Å². The minimum Gasteiger partial charge on any atom is -0.481 e. The van der Waals surface area contributed by atoms with Crippen molar-refractivity contribution >= 4 is 23.6 Å². The normalized spacial score (nSPS) is 11.3. The van der Waals surface area contributed by atoms with E-state index >= 15 is 0 Å². The fraction of sp³-hybridized carbons (Fsp3) is 0.333. The highest BCUT2D eigenvalue weighted by atomic mass is 16.4. The van der Waals surface area contributed by atoms with Crippen molar-refractivity contribution in [2.75, 3.05) is 6.54 Å². The number of amidine groups is 1. The maximum atomic E-state index is 11.9. The summed E-state index contributed by atoms with van der Waals surface area (Å²) in [6.45, 7) is 1.74. The summed E-state index contributed by atoms with van der Waals surface area (Å²) in [6, 6.07) is 5.76. The molecule has 0 fully saturated rings.